The summed E-state index contributed by atoms with van der Waals surface area (Å²) in [5.74, 6) is 0.770. The van der Waals surface area contributed by atoms with Gasteiger partial charge in [-0.15, -0.1) is 0 Å². The Kier molecular flexibility index (Phi) is 6.09. The summed E-state index contributed by atoms with van der Waals surface area (Å²) in [6.45, 7) is 5.96. The van der Waals surface area contributed by atoms with Gasteiger partial charge in [-0.1, -0.05) is 30.3 Å². The van der Waals surface area contributed by atoms with E-state index >= 15 is 0 Å². The summed E-state index contributed by atoms with van der Waals surface area (Å²) < 4.78 is 34.8. The number of ether oxygens (including phenoxy) is 1. The van der Waals surface area contributed by atoms with Crippen molar-refractivity contribution in [3.8, 4) is 5.75 Å². The standard InChI is InChI=1S/C23H27ClN2O3S/c1-3-16-6-7-17(14-21(16)24)25-30(27,28)23-11-10-22(29-2)20-15-18(8-9-19(20)23)26-12-4-5-13-26/h3,6-7,10-11,14,18,25H,1,4-5,8-9,12-13,15H2,2H3/t18-/m0/s1. The molecule has 1 aliphatic heterocycles. The molecule has 0 saturated carbocycles. The Morgan fingerprint density at radius 2 is 1.97 bits per heavy atom. The molecule has 160 valence electrons. The van der Waals surface area contributed by atoms with Crippen molar-refractivity contribution in [2.45, 2.75) is 43.0 Å². The zero-order valence-electron chi connectivity index (χ0n) is 17.2. The van der Waals surface area contributed by atoms with E-state index in [4.69, 9.17) is 16.3 Å². The molecule has 1 fully saturated rings. The van der Waals surface area contributed by atoms with Crippen LogP contribution in [0.4, 0.5) is 5.69 Å². The van der Waals surface area contributed by atoms with Gasteiger partial charge in [-0.2, -0.15) is 0 Å². The molecule has 1 aliphatic carbocycles. The average molecular weight is 447 g/mol. The maximum atomic E-state index is 13.3. The third-order valence-corrected chi connectivity index (χ3v) is 7.94. The quantitative estimate of drug-likeness (QED) is 0.695. The van der Waals surface area contributed by atoms with Gasteiger partial charge in [0.2, 0.25) is 0 Å². The topological polar surface area (TPSA) is 58.6 Å². The van der Waals surface area contributed by atoms with Crippen molar-refractivity contribution in [1.82, 2.24) is 4.90 Å². The van der Waals surface area contributed by atoms with Crippen molar-refractivity contribution in [2.75, 3.05) is 24.9 Å². The smallest absolute Gasteiger partial charge is 0.262 e. The largest absolute Gasteiger partial charge is 0.496 e. The van der Waals surface area contributed by atoms with Crippen LogP contribution in [0, 0.1) is 0 Å². The lowest BCUT2D eigenvalue weighted by Crippen LogP contribution is -2.37. The van der Waals surface area contributed by atoms with E-state index in [2.05, 4.69) is 16.2 Å². The number of fused-ring (bicyclic) bond motifs is 1. The van der Waals surface area contributed by atoms with Crippen LogP contribution in [-0.2, 0) is 22.9 Å². The Balaban J connectivity index is 1.66. The van der Waals surface area contributed by atoms with Gasteiger partial charge in [0.1, 0.15) is 5.75 Å². The number of anilines is 1. The first-order valence-corrected chi connectivity index (χ1v) is 12.2. The van der Waals surface area contributed by atoms with E-state index in [-0.39, 0.29) is 0 Å². The lowest BCUT2D eigenvalue weighted by atomic mass is 9.87. The molecule has 5 nitrogen and oxygen atoms in total. The average Bonchev–Trinajstić information content (AvgIpc) is 3.27. The van der Waals surface area contributed by atoms with Crippen molar-refractivity contribution in [1.29, 1.82) is 0 Å². The van der Waals surface area contributed by atoms with Crippen molar-refractivity contribution >= 4 is 33.4 Å². The number of halogens is 1. The molecule has 1 saturated heterocycles. The van der Waals surface area contributed by atoms with Crippen LogP contribution in [0.5, 0.6) is 5.75 Å². The molecule has 0 amide bonds. The molecule has 30 heavy (non-hydrogen) atoms. The summed E-state index contributed by atoms with van der Waals surface area (Å²) in [5.41, 5.74) is 3.07. The summed E-state index contributed by atoms with van der Waals surface area (Å²) in [7, 11) is -2.11. The number of hydrogen-bond donors (Lipinski definition) is 1. The maximum absolute atomic E-state index is 13.3. The zero-order chi connectivity index (χ0) is 21.3. The molecule has 1 heterocycles. The number of likely N-dealkylation sites (tertiary alicyclic amines) is 1. The van der Waals surface area contributed by atoms with Gasteiger partial charge in [0.15, 0.2) is 0 Å². The summed E-state index contributed by atoms with van der Waals surface area (Å²) in [4.78, 5) is 2.85. The van der Waals surface area contributed by atoms with E-state index in [9.17, 15) is 8.42 Å². The van der Waals surface area contributed by atoms with Crippen LogP contribution in [0.2, 0.25) is 5.02 Å². The number of methoxy groups -OCH3 is 1. The minimum atomic E-state index is -3.76. The molecule has 0 unspecified atom stereocenters. The molecule has 0 radical (unpaired) electrons. The molecule has 0 bridgehead atoms. The fourth-order valence-electron chi connectivity index (χ4n) is 4.62. The molecule has 0 spiro atoms. The number of rotatable bonds is 6. The van der Waals surface area contributed by atoms with Crippen molar-refractivity contribution < 1.29 is 13.2 Å². The number of hydrogen-bond acceptors (Lipinski definition) is 4. The maximum Gasteiger partial charge on any atom is 0.262 e. The lowest BCUT2D eigenvalue weighted by Gasteiger charge is -2.33. The molecular formula is C23H27ClN2O3S. The van der Waals surface area contributed by atoms with Crippen LogP contribution in [0.25, 0.3) is 6.08 Å². The normalized spacial score (nSPS) is 19.3. The van der Waals surface area contributed by atoms with E-state index in [0.717, 1.165) is 54.8 Å². The Bertz CT molecular complexity index is 1060. The van der Waals surface area contributed by atoms with Crippen LogP contribution in [0.3, 0.4) is 0 Å². The monoisotopic (exact) mass is 446 g/mol. The third kappa shape index (κ3) is 4.09. The van der Waals surface area contributed by atoms with Gasteiger partial charge in [-0.25, -0.2) is 8.42 Å². The van der Waals surface area contributed by atoms with Crippen LogP contribution >= 0.6 is 11.6 Å². The Morgan fingerprint density at radius 3 is 2.63 bits per heavy atom. The number of nitrogens with zero attached hydrogens (tertiary/aromatic N) is 1. The molecule has 1 N–H and O–H groups in total. The van der Waals surface area contributed by atoms with Gasteiger partial charge >= 0.3 is 0 Å². The first-order chi connectivity index (χ1) is 14.4. The zero-order valence-corrected chi connectivity index (χ0v) is 18.7. The van der Waals surface area contributed by atoms with Crippen LogP contribution in [0.1, 0.15) is 36.0 Å². The molecule has 7 heteroatoms. The summed E-state index contributed by atoms with van der Waals surface area (Å²) in [6, 6.07) is 8.92. The molecule has 2 aliphatic rings. The van der Waals surface area contributed by atoms with Gasteiger partial charge in [0, 0.05) is 16.6 Å². The summed E-state index contributed by atoms with van der Waals surface area (Å²) in [6.07, 6.45) is 6.62. The van der Waals surface area contributed by atoms with E-state index in [1.165, 1.54) is 12.8 Å². The van der Waals surface area contributed by atoms with Gasteiger partial charge in [-0.3, -0.25) is 4.72 Å². The third-order valence-electron chi connectivity index (χ3n) is 6.15. The summed E-state index contributed by atoms with van der Waals surface area (Å²) >= 11 is 6.21. The van der Waals surface area contributed by atoms with Crippen LogP contribution in [-0.4, -0.2) is 39.6 Å². The van der Waals surface area contributed by atoms with Crippen LogP contribution < -0.4 is 9.46 Å². The minimum absolute atomic E-state index is 0.321. The highest BCUT2D eigenvalue weighted by molar-refractivity contribution is 7.92. The van der Waals surface area contributed by atoms with E-state index < -0.39 is 10.0 Å². The number of nitrogens with one attached hydrogen (secondary N) is 1. The molecule has 1 atom stereocenters. The molecule has 2 aromatic carbocycles. The van der Waals surface area contributed by atoms with Crippen molar-refractivity contribution in [3.05, 3.63) is 58.6 Å². The van der Waals surface area contributed by atoms with Gasteiger partial charge < -0.3 is 9.64 Å². The fraction of sp³-hybridized carbons (Fsp3) is 0.391. The fourth-order valence-corrected chi connectivity index (χ4v) is 6.23. The molecule has 4 rings (SSSR count). The second kappa shape index (κ2) is 8.61. The first kappa shape index (κ1) is 21.2. The van der Waals surface area contributed by atoms with E-state index in [1.807, 2.05) is 0 Å². The molecular weight excluding hydrogens is 420 g/mol. The SMILES string of the molecule is C=Cc1ccc(NS(=O)(=O)c2ccc(OC)c3c2CC[C@H](N2CCCC2)C3)cc1Cl. The van der Waals surface area contributed by atoms with E-state index in [0.29, 0.717) is 21.6 Å². The first-order valence-electron chi connectivity index (χ1n) is 10.3. The molecule has 0 aromatic heterocycles. The minimum Gasteiger partial charge on any atom is -0.496 e. The van der Waals surface area contributed by atoms with E-state index in [1.54, 1.807) is 43.5 Å². The number of benzene rings is 2. The number of sulfonamides is 1. The van der Waals surface area contributed by atoms with Gasteiger partial charge in [0.25, 0.3) is 10.0 Å². The predicted molar refractivity (Wildman–Crippen MR) is 122 cm³/mol. The second-order valence-electron chi connectivity index (χ2n) is 7.91. The van der Waals surface area contributed by atoms with Crippen LogP contribution in [0.15, 0.2) is 41.8 Å². The van der Waals surface area contributed by atoms with Crippen molar-refractivity contribution in [3.63, 3.8) is 0 Å². The Labute approximate surface area is 183 Å². The summed E-state index contributed by atoms with van der Waals surface area (Å²) in [5, 5.41) is 0.454. The Hall–Kier alpha value is -2.02. The molecule has 2 aromatic rings. The Morgan fingerprint density at radius 1 is 1.20 bits per heavy atom. The van der Waals surface area contributed by atoms with Gasteiger partial charge in [-0.05, 0) is 80.6 Å². The highest BCUT2D eigenvalue weighted by Gasteiger charge is 2.32. The van der Waals surface area contributed by atoms with Gasteiger partial charge in [0.05, 0.1) is 17.7 Å². The second-order valence-corrected chi connectivity index (χ2v) is 9.97. The highest BCUT2D eigenvalue weighted by atomic mass is 35.5. The lowest BCUT2D eigenvalue weighted by molar-refractivity contribution is 0.219. The predicted octanol–water partition coefficient (Wildman–Crippen LogP) is 4.75. The van der Waals surface area contributed by atoms with Crippen molar-refractivity contribution in [2.24, 2.45) is 0 Å². The highest BCUT2D eigenvalue weighted by Crippen LogP contribution is 2.37.